The lowest BCUT2D eigenvalue weighted by Gasteiger charge is -2.36. The Morgan fingerprint density at radius 2 is 2.00 bits per heavy atom. The molecule has 2 aromatic rings. The molecule has 1 spiro atoms. The Hall–Kier alpha value is -2.21. The molecule has 1 aliphatic carbocycles. The van der Waals surface area contributed by atoms with Crippen LogP contribution >= 0.6 is 23.2 Å². The minimum absolute atomic E-state index is 0.130. The molecule has 0 amide bonds. The second kappa shape index (κ2) is 7.73. The summed E-state index contributed by atoms with van der Waals surface area (Å²) in [5.74, 6) is 1.11. The highest BCUT2D eigenvalue weighted by atomic mass is 35.5. The summed E-state index contributed by atoms with van der Waals surface area (Å²) in [5.41, 5.74) is 2.56. The van der Waals surface area contributed by atoms with Crippen molar-refractivity contribution in [3.63, 3.8) is 0 Å². The number of hydrogen-bond donors (Lipinski definition) is 0. The molecule has 0 saturated heterocycles. The van der Waals surface area contributed by atoms with Gasteiger partial charge in [0.2, 0.25) is 0 Å². The van der Waals surface area contributed by atoms with E-state index in [0.717, 1.165) is 31.0 Å². The molecule has 2 aromatic carbocycles. The summed E-state index contributed by atoms with van der Waals surface area (Å²) in [5, 5.41) is 0.795. The monoisotopic (exact) mass is 459 g/mol. The fourth-order valence-corrected chi connectivity index (χ4v) is 5.56. The number of methoxy groups -OCH3 is 1. The maximum absolute atomic E-state index is 12.7. The van der Waals surface area contributed by atoms with Crippen molar-refractivity contribution in [2.75, 3.05) is 20.7 Å². The van der Waals surface area contributed by atoms with Gasteiger partial charge in [-0.2, -0.15) is 0 Å². The molecule has 2 heterocycles. The predicted octanol–water partition coefficient (Wildman–Crippen LogP) is 5.02. The van der Waals surface area contributed by atoms with Crippen LogP contribution in [0.15, 0.2) is 42.5 Å². The highest BCUT2D eigenvalue weighted by molar-refractivity contribution is 6.35. The van der Waals surface area contributed by atoms with Crippen LogP contribution < -0.4 is 9.47 Å². The lowest BCUT2D eigenvalue weighted by atomic mass is 9.69. The van der Waals surface area contributed by atoms with Crippen LogP contribution in [0.4, 0.5) is 0 Å². The molecule has 5 nitrogen and oxygen atoms in total. The summed E-state index contributed by atoms with van der Waals surface area (Å²) in [7, 11) is 3.80. The number of rotatable bonds is 3. The van der Waals surface area contributed by atoms with Crippen LogP contribution in [-0.2, 0) is 16.7 Å². The van der Waals surface area contributed by atoms with Crippen LogP contribution in [0, 0.1) is 0 Å². The van der Waals surface area contributed by atoms with E-state index in [1.807, 2.05) is 12.1 Å². The molecule has 31 heavy (non-hydrogen) atoms. The first-order valence-corrected chi connectivity index (χ1v) is 11.1. The van der Waals surface area contributed by atoms with Crippen molar-refractivity contribution in [2.45, 2.75) is 37.0 Å². The predicted molar refractivity (Wildman–Crippen MR) is 119 cm³/mol. The van der Waals surface area contributed by atoms with Crippen molar-refractivity contribution in [3.8, 4) is 11.5 Å². The molecule has 0 N–H and O–H groups in total. The standard InChI is InChI=1S/C24H23Cl2NO4/c1-27-8-7-24-6-5-18(30-23(28)15-9-16(25)11-17(26)10-15)12-20(24)31-22-19(29-2)4-3-14(13-27)21(22)24/h3-6,9-11,18,20H,7-8,12-13H2,1-2H3/t18?,20-,24-/m0/s1. The third-order valence-corrected chi connectivity index (χ3v) is 6.92. The second-order valence-corrected chi connectivity index (χ2v) is 9.34. The molecule has 0 bridgehead atoms. The van der Waals surface area contributed by atoms with Gasteiger partial charge in [0.05, 0.1) is 18.1 Å². The molecular formula is C24H23Cl2NO4. The van der Waals surface area contributed by atoms with E-state index in [2.05, 4.69) is 24.1 Å². The molecule has 0 fully saturated rings. The summed E-state index contributed by atoms with van der Waals surface area (Å²) < 4.78 is 17.8. The maximum Gasteiger partial charge on any atom is 0.338 e. The van der Waals surface area contributed by atoms with E-state index in [1.54, 1.807) is 25.3 Å². The second-order valence-electron chi connectivity index (χ2n) is 8.46. The number of hydrogen-bond acceptors (Lipinski definition) is 5. The molecule has 0 saturated carbocycles. The Morgan fingerprint density at radius 3 is 2.74 bits per heavy atom. The van der Waals surface area contributed by atoms with Gasteiger partial charge in [-0.25, -0.2) is 4.79 Å². The highest BCUT2D eigenvalue weighted by Gasteiger charge is 2.53. The van der Waals surface area contributed by atoms with Crippen molar-refractivity contribution in [1.29, 1.82) is 0 Å². The third-order valence-electron chi connectivity index (χ3n) is 6.49. The normalized spacial score (nSPS) is 26.5. The number of carbonyl (C=O) groups is 1. The van der Waals surface area contributed by atoms with E-state index < -0.39 is 12.1 Å². The smallest absolute Gasteiger partial charge is 0.338 e. The highest BCUT2D eigenvalue weighted by Crippen LogP contribution is 2.55. The first-order chi connectivity index (χ1) is 14.9. The lowest BCUT2D eigenvalue weighted by molar-refractivity contribution is 0.0218. The van der Waals surface area contributed by atoms with Gasteiger partial charge in [0, 0.05) is 28.6 Å². The largest absolute Gasteiger partial charge is 0.493 e. The zero-order chi connectivity index (χ0) is 21.8. The van der Waals surface area contributed by atoms with E-state index >= 15 is 0 Å². The fraction of sp³-hybridized carbons (Fsp3) is 0.375. The van der Waals surface area contributed by atoms with Crippen LogP contribution in [0.25, 0.3) is 0 Å². The average Bonchev–Trinajstić information content (AvgIpc) is 2.99. The van der Waals surface area contributed by atoms with Crippen LogP contribution in [0.1, 0.15) is 34.3 Å². The maximum atomic E-state index is 12.7. The first kappa shape index (κ1) is 20.7. The molecule has 0 radical (unpaired) electrons. The van der Waals surface area contributed by atoms with Gasteiger partial charge in [0.25, 0.3) is 0 Å². The molecule has 1 unspecified atom stereocenters. The van der Waals surface area contributed by atoms with Gasteiger partial charge in [-0.05, 0) is 55.9 Å². The van der Waals surface area contributed by atoms with Gasteiger partial charge in [-0.3, -0.25) is 0 Å². The van der Waals surface area contributed by atoms with E-state index in [4.69, 9.17) is 37.4 Å². The summed E-state index contributed by atoms with van der Waals surface area (Å²) >= 11 is 12.1. The average molecular weight is 460 g/mol. The van der Waals surface area contributed by atoms with Gasteiger partial charge in [-0.15, -0.1) is 0 Å². The molecule has 7 heteroatoms. The number of benzene rings is 2. The summed E-state index contributed by atoms with van der Waals surface area (Å²) in [6, 6.07) is 8.81. The quantitative estimate of drug-likeness (QED) is 0.476. The molecule has 3 atom stereocenters. The van der Waals surface area contributed by atoms with E-state index in [1.165, 1.54) is 11.1 Å². The van der Waals surface area contributed by atoms with E-state index in [-0.39, 0.29) is 11.5 Å². The van der Waals surface area contributed by atoms with Crippen molar-refractivity contribution < 1.29 is 19.0 Å². The summed E-state index contributed by atoms with van der Waals surface area (Å²) in [6.07, 6.45) is 5.14. The van der Waals surface area contributed by atoms with Crippen LogP contribution in [0.3, 0.4) is 0 Å². The van der Waals surface area contributed by atoms with Crippen molar-refractivity contribution in [2.24, 2.45) is 0 Å². The Labute approximate surface area is 191 Å². The Balaban J connectivity index is 1.46. The van der Waals surface area contributed by atoms with Gasteiger partial charge in [-0.1, -0.05) is 35.3 Å². The van der Waals surface area contributed by atoms with Crippen LogP contribution in [0.2, 0.25) is 10.0 Å². The van der Waals surface area contributed by atoms with Gasteiger partial charge in [0.15, 0.2) is 11.5 Å². The molecule has 0 aromatic heterocycles. The summed E-state index contributed by atoms with van der Waals surface area (Å²) in [4.78, 5) is 15.0. The lowest BCUT2D eigenvalue weighted by Crippen LogP contribution is -2.43. The molecule has 5 rings (SSSR count). The SMILES string of the molecule is COc1ccc2c3c1O[C@H]1CC(OC(=O)c4cc(Cl)cc(Cl)c4)C=C[C@@]31CCN(C)C2. The molecule has 162 valence electrons. The number of ether oxygens (including phenoxy) is 3. The molecule has 2 aliphatic heterocycles. The van der Waals surface area contributed by atoms with Crippen molar-refractivity contribution >= 4 is 29.2 Å². The summed E-state index contributed by atoms with van der Waals surface area (Å²) in [6.45, 7) is 1.82. The van der Waals surface area contributed by atoms with E-state index in [9.17, 15) is 4.79 Å². The molecule has 3 aliphatic rings. The number of nitrogens with zero attached hydrogens (tertiary/aromatic N) is 1. The Morgan fingerprint density at radius 1 is 1.23 bits per heavy atom. The number of carbonyl (C=O) groups excluding carboxylic acids is 1. The zero-order valence-electron chi connectivity index (χ0n) is 17.4. The fourth-order valence-electron chi connectivity index (χ4n) is 5.03. The third kappa shape index (κ3) is 3.49. The first-order valence-electron chi connectivity index (χ1n) is 10.3. The zero-order valence-corrected chi connectivity index (χ0v) is 18.9. The number of esters is 1. The van der Waals surface area contributed by atoms with Crippen molar-refractivity contribution in [1.82, 2.24) is 4.90 Å². The van der Waals surface area contributed by atoms with Crippen LogP contribution in [-0.4, -0.2) is 43.8 Å². The Bertz CT molecular complexity index is 1070. The number of halogens is 2. The van der Waals surface area contributed by atoms with Gasteiger partial charge >= 0.3 is 5.97 Å². The van der Waals surface area contributed by atoms with Crippen molar-refractivity contribution in [3.05, 3.63) is 69.2 Å². The Kier molecular flexibility index (Phi) is 5.16. The minimum Gasteiger partial charge on any atom is -0.493 e. The van der Waals surface area contributed by atoms with Crippen LogP contribution in [0.5, 0.6) is 11.5 Å². The van der Waals surface area contributed by atoms with E-state index in [0.29, 0.717) is 22.0 Å². The molecular weight excluding hydrogens is 437 g/mol. The minimum atomic E-state index is -0.454. The van der Waals surface area contributed by atoms with Gasteiger partial charge < -0.3 is 19.1 Å². The topological polar surface area (TPSA) is 48.0 Å². The van der Waals surface area contributed by atoms with Gasteiger partial charge in [0.1, 0.15) is 12.2 Å².